The van der Waals surface area contributed by atoms with E-state index in [1.54, 1.807) is 6.92 Å². The smallest absolute Gasteiger partial charge is 0.132 e. The van der Waals surface area contributed by atoms with Crippen LogP contribution in [0.5, 0.6) is 0 Å². The molecule has 0 saturated carbocycles. The van der Waals surface area contributed by atoms with Crippen LogP contribution in [-0.4, -0.2) is 13.9 Å². The maximum atomic E-state index is 10.9. The highest BCUT2D eigenvalue weighted by Crippen LogP contribution is 2.06. The second-order valence-electron chi connectivity index (χ2n) is 4.60. The predicted octanol–water partition coefficient (Wildman–Crippen LogP) is 2.87. The molecule has 2 heteroatoms. The van der Waals surface area contributed by atoms with E-state index < -0.39 is 8.07 Å². The number of carbonyl (C=O) groups is 1. The van der Waals surface area contributed by atoms with Gasteiger partial charge in [-0.1, -0.05) is 26.6 Å². The highest BCUT2D eigenvalue weighted by atomic mass is 28.3. The minimum atomic E-state index is -1.20. The van der Waals surface area contributed by atoms with Gasteiger partial charge in [0.15, 0.2) is 0 Å². The van der Waals surface area contributed by atoms with E-state index in [1.807, 2.05) is 6.92 Å². The summed E-state index contributed by atoms with van der Waals surface area (Å²) in [4.78, 5) is 10.9. The van der Waals surface area contributed by atoms with E-state index in [2.05, 4.69) is 31.1 Å². The number of carbonyl (C=O) groups excluding carboxylic acids is 1. The van der Waals surface area contributed by atoms with Crippen molar-refractivity contribution in [3.63, 3.8) is 0 Å². The van der Waals surface area contributed by atoms with Gasteiger partial charge in [0.1, 0.15) is 13.9 Å². The van der Waals surface area contributed by atoms with Gasteiger partial charge < -0.3 is 0 Å². The Morgan fingerprint density at radius 2 is 1.92 bits per heavy atom. The molecule has 0 aliphatic rings. The predicted molar refractivity (Wildman–Crippen MR) is 60.2 cm³/mol. The summed E-state index contributed by atoms with van der Waals surface area (Å²) in [6.07, 6.45) is 1.78. The lowest BCUT2D eigenvalue weighted by atomic mass is 10.0. The van der Waals surface area contributed by atoms with Crippen LogP contribution in [0, 0.1) is 17.4 Å². The first-order valence-corrected chi connectivity index (χ1v) is 8.33. The van der Waals surface area contributed by atoms with Gasteiger partial charge >= 0.3 is 0 Å². The number of ketones is 1. The molecule has 0 amide bonds. The summed E-state index contributed by atoms with van der Waals surface area (Å²) in [7, 11) is -1.20. The molecule has 0 saturated heterocycles. The van der Waals surface area contributed by atoms with Crippen LogP contribution in [0.4, 0.5) is 0 Å². The van der Waals surface area contributed by atoms with Crippen molar-refractivity contribution in [1.82, 2.24) is 0 Å². The average molecular weight is 196 g/mol. The van der Waals surface area contributed by atoms with Crippen molar-refractivity contribution < 1.29 is 4.79 Å². The van der Waals surface area contributed by atoms with Crippen LogP contribution >= 0.6 is 0 Å². The minimum Gasteiger partial charge on any atom is -0.300 e. The molecule has 0 aromatic carbocycles. The van der Waals surface area contributed by atoms with E-state index in [0.29, 0.717) is 0 Å². The summed E-state index contributed by atoms with van der Waals surface area (Å²) in [5, 5.41) is 0. The summed E-state index contributed by atoms with van der Waals surface area (Å²) < 4.78 is 0. The third-order valence-corrected chi connectivity index (χ3v) is 2.79. The van der Waals surface area contributed by atoms with E-state index in [9.17, 15) is 4.79 Å². The fourth-order valence-corrected chi connectivity index (χ4v) is 1.47. The monoisotopic (exact) mass is 196 g/mol. The van der Waals surface area contributed by atoms with Crippen molar-refractivity contribution in [3.05, 3.63) is 0 Å². The summed E-state index contributed by atoms with van der Waals surface area (Å²) in [5.41, 5.74) is 3.29. The maximum Gasteiger partial charge on any atom is 0.132 e. The number of rotatable bonds is 3. The molecule has 0 fully saturated rings. The average Bonchev–Trinajstić information content (AvgIpc) is 1.95. The molecule has 0 aromatic heterocycles. The Labute approximate surface area is 82.9 Å². The first kappa shape index (κ1) is 12.4. The lowest BCUT2D eigenvalue weighted by Gasteiger charge is -2.05. The Morgan fingerprint density at radius 3 is 2.31 bits per heavy atom. The second-order valence-corrected chi connectivity index (χ2v) is 9.35. The molecule has 0 aliphatic carbocycles. The van der Waals surface area contributed by atoms with E-state index in [1.165, 1.54) is 0 Å². The van der Waals surface area contributed by atoms with Gasteiger partial charge in [-0.2, -0.15) is 0 Å². The van der Waals surface area contributed by atoms with E-state index >= 15 is 0 Å². The second kappa shape index (κ2) is 5.24. The van der Waals surface area contributed by atoms with Gasteiger partial charge in [0.2, 0.25) is 0 Å². The van der Waals surface area contributed by atoms with E-state index in [-0.39, 0.29) is 11.7 Å². The normalized spacial score (nSPS) is 13.0. The van der Waals surface area contributed by atoms with Crippen LogP contribution in [0.2, 0.25) is 19.6 Å². The lowest BCUT2D eigenvalue weighted by molar-refractivity contribution is -0.120. The van der Waals surface area contributed by atoms with Crippen LogP contribution < -0.4 is 0 Å². The van der Waals surface area contributed by atoms with Gasteiger partial charge in [0, 0.05) is 12.3 Å². The Balaban J connectivity index is 3.78. The van der Waals surface area contributed by atoms with Gasteiger partial charge in [-0.25, -0.2) is 0 Å². The van der Waals surface area contributed by atoms with Crippen molar-refractivity contribution in [2.75, 3.05) is 0 Å². The zero-order valence-corrected chi connectivity index (χ0v) is 10.4. The molecule has 13 heavy (non-hydrogen) atoms. The summed E-state index contributed by atoms with van der Waals surface area (Å²) >= 11 is 0. The first-order chi connectivity index (χ1) is 5.83. The SMILES string of the molecule is CC(=O)C(C)CCC#C[Si](C)(C)C. The van der Waals surface area contributed by atoms with E-state index in [0.717, 1.165) is 12.8 Å². The lowest BCUT2D eigenvalue weighted by Crippen LogP contribution is -2.16. The van der Waals surface area contributed by atoms with Crippen molar-refractivity contribution >= 4 is 13.9 Å². The maximum absolute atomic E-state index is 10.9. The van der Waals surface area contributed by atoms with Crippen molar-refractivity contribution in [3.8, 4) is 11.5 Å². The molecule has 0 heterocycles. The van der Waals surface area contributed by atoms with Crippen LogP contribution in [0.3, 0.4) is 0 Å². The Hall–Kier alpha value is -0.553. The topological polar surface area (TPSA) is 17.1 Å². The largest absolute Gasteiger partial charge is 0.300 e. The van der Waals surface area contributed by atoms with Gasteiger partial charge in [-0.15, -0.1) is 11.5 Å². The molecule has 1 nitrogen and oxygen atoms in total. The Kier molecular flexibility index (Phi) is 5.01. The highest BCUT2D eigenvalue weighted by molar-refractivity contribution is 6.83. The fourth-order valence-electron chi connectivity index (χ4n) is 0.820. The van der Waals surface area contributed by atoms with Gasteiger partial charge in [-0.3, -0.25) is 4.79 Å². The summed E-state index contributed by atoms with van der Waals surface area (Å²) in [6.45, 7) is 10.3. The quantitative estimate of drug-likeness (QED) is 0.501. The number of hydrogen-bond acceptors (Lipinski definition) is 1. The fraction of sp³-hybridized carbons (Fsp3) is 0.727. The van der Waals surface area contributed by atoms with Crippen LogP contribution in [0.1, 0.15) is 26.7 Å². The summed E-state index contributed by atoms with van der Waals surface area (Å²) in [6, 6.07) is 0. The molecule has 74 valence electrons. The zero-order valence-electron chi connectivity index (χ0n) is 9.40. The van der Waals surface area contributed by atoms with E-state index in [4.69, 9.17) is 0 Å². The molecule has 0 aromatic rings. The van der Waals surface area contributed by atoms with Crippen molar-refractivity contribution in [1.29, 1.82) is 0 Å². The minimum absolute atomic E-state index is 0.177. The van der Waals surface area contributed by atoms with Gasteiger partial charge in [-0.05, 0) is 13.3 Å². The molecule has 1 atom stereocenters. The van der Waals surface area contributed by atoms with Crippen LogP contribution in [0.25, 0.3) is 0 Å². The molecular weight excluding hydrogens is 176 g/mol. The molecular formula is C11H20OSi. The Bertz CT molecular complexity index is 227. The standard InChI is InChI=1S/C11H20OSi/c1-10(11(2)12)8-6-7-9-13(3,4)5/h10H,6,8H2,1-5H3. The van der Waals surface area contributed by atoms with Crippen molar-refractivity contribution in [2.24, 2.45) is 5.92 Å². The molecule has 0 bridgehead atoms. The Morgan fingerprint density at radius 1 is 1.38 bits per heavy atom. The van der Waals surface area contributed by atoms with Gasteiger partial charge in [0.05, 0.1) is 0 Å². The first-order valence-electron chi connectivity index (χ1n) is 4.83. The molecule has 0 spiro atoms. The molecule has 0 aliphatic heterocycles. The third kappa shape index (κ3) is 7.80. The van der Waals surface area contributed by atoms with Crippen LogP contribution in [0.15, 0.2) is 0 Å². The molecule has 1 unspecified atom stereocenters. The van der Waals surface area contributed by atoms with Crippen molar-refractivity contribution in [2.45, 2.75) is 46.3 Å². The highest BCUT2D eigenvalue weighted by Gasteiger charge is 2.08. The van der Waals surface area contributed by atoms with Crippen LogP contribution in [-0.2, 0) is 4.79 Å². The molecule has 0 radical (unpaired) electrons. The van der Waals surface area contributed by atoms with Gasteiger partial charge in [0.25, 0.3) is 0 Å². The number of Topliss-reactive ketones (excluding diaryl/α,β-unsaturated/α-hetero) is 1. The zero-order chi connectivity index (χ0) is 10.5. The number of hydrogen-bond donors (Lipinski definition) is 0. The third-order valence-electron chi connectivity index (χ3n) is 1.86. The molecule has 0 rings (SSSR count). The summed E-state index contributed by atoms with van der Waals surface area (Å²) in [5.74, 6) is 3.62. The molecule has 0 N–H and O–H groups in total.